The highest BCUT2D eigenvalue weighted by Gasteiger charge is 2.21. The number of nitrogens with one attached hydrogen (secondary N) is 1. The molecule has 2 rings (SSSR count). The zero-order valence-corrected chi connectivity index (χ0v) is 13.5. The highest BCUT2D eigenvalue weighted by atomic mass is 35.5. The monoisotopic (exact) mass is 308 g/mol. The lowest BCUT2D eigenvalue weighted by Crippen LogP contribution is -2.30. The predicted octanol–water partition coefficient (Wildman–Crippen LogP) is 2.45. The maximum atomic E-state index is 6.09. The van der Waals surface area contributed by atoms with Gasteiger partial charge < -0.3 is 4.74 Å². The molecule has 0 saturated heterocycles. The number of aromatic nitrogens is 2. The Hall–Kier alpha value is -1.56. The predicted molar refractivity (Wildman–Crippen MR) is 84.5 cm³/mol. The smallest absolute Gasteiger partial charge is 0.122 e. The first-order chi connectivity index (χ1) is 9.97. The average Bonchev–Trinajstić information content (AvgIpc) is 2.70. The highest BCUT2D eigenvalue weighted by molar-refractivity contribution is 6.30. The minimum absolute atomic E-state index is 0.0499. The van der Waals surface area contributed by atoms with Gasteiger partial charge in [0.25, 0.3) is 0 Å². The molecular weight excluding hydrogens is 288 g/mol. The summed E-state index contributed by atoms with van der Waals surface area (Å²) in [4.78, 5) is 0. The molecule has 1 heterocycles. The Balaban J connectivity index is 2.38. The van der Waals surface area contributed by atoms with Crippen LogP contribution in [-0.4, -0.2) is 16.9 Å². The van der Waals surface area contributed by atoms with Gasteiger partial charge in [0, 0.05) is 23.3 Å². The van der Waals surface area contributed by atoms with Gasteiger partial charge in [0.05, 0.1) is 18.8 Å². The summed E-state index contributed by atoms with van der Waals surface area (Å²) in [7, 11) is 3.58. The normalized spacial score (nSPS) is 12.5. The van der Waals surface area contributed by atoms with Gasteiger partial charge in [-0.25, -0.2) is 0 Å². The van der Waals surface area contributed by atoms with Crippen molar-refractivity contribution in [3.63, 3.8) is 0 Å². The number of nitrogens with zero attached hydrogens (tertiary/aromatic N) is 2. The minimum atomic E-state index is -0.0499. The van der Waals surface area contributed by atoms with Crippen molar-refractivity contribution in [2.45, 2.75) is 26.3 Å². The molecule has 0 saturated carbocycles. The summed E-state index contributed by atoms with van der Waals surface area (Å²) in [5.41, 5.74) is 7.07. The number of aryl methyl sites for hydroxylation is 2. The van der Waals surface area contributed by atoms with E-state index in [0.717, 1.165) is 28.3 Å². The van der Waals surface area contributed by atoms with Crippen molar-refractivity contribution in [2.75, 3.05) is 7.11 Å². The molecule has 0 bridgehead atoms. The summed E-state index contributed by atoms with van der Waals surface area (Å²) in [5.74, 6) is 6.57. The largest absolute Gasteiger partial charge is 0.496 e. The van der Waals surface area contributed by atoms with Crippen molar-refractivity contribution in [3.05, 3.63) is 45.7 Å². The third-order valence-corrected chi connectivity index (χ3v) is 4.02. The lowest BCUT2D eigenvalue weighted by atomic mass is 9.97. The van der Waals surface area contributed by atoms with Crippen LogP contribution in [0.15, 0.2) is 18.2 Å². The van der Waals surface area contributed by atoms with Gasteiger partial charge in [-0.1, -0.05) is 11.6 Å². The van der Waals surface area contributed by atoms with E-state index in [4.69, 9.17) is 22.2 Å². The molecule has 5 nitrogen and oxygen atoms in total. The molecular formula is C15H21ClN4O. The molecule has 0 amide bonds. The van der Waals surface area contributed by atoms with Crippen LogP contribution in [0.5, 0.6) is 5.75 Å². The molecule has 0 fully saturated rings. The van der Waals surface area contributed by atoms with E-state index in [1.807, 2.05) is 43.8 Å². The molecule has 1 aromatic carbocycles. The Bertz CT molecular complexity index is 639. The van der Waals surface area contributed by atoms with E-state index in [1.165, 1.54) is 0 Å². The number of nitrogens with two attached hydrogens (primary N) is 1. The van der Waals surface area contributed by atoms with Crippen molar-refractivity contribution in [3.8, 4) is 5.75 Å². The average molecular weight is 309 g/mol. The molecule has 0 aliphatic heterocycles. The van der Waals surface area contributed by atoms with Crippen LogP contribution in [-0.2, 0) is 13.5 Å². The van der Waals surface area contributed by atoms with Crippen molar-refractivity contribution in [2.24, 2.45) is 12.9 Å². The van der Waals surface area contributed by atoms with Crippen LogP contribution in [0.3, 0.4) is 0 Å². The third-order valence-electron chi connectivity index (χ3n) is 3.78. The molecule has 3 N–H and O–H groups in total. The van der Waals surface area contributed by atoms with E-state index in [9.17, 15) is 0 Å². The SMILES string of the molecule is COc1ccc(Cl)cc1CC(NN)c1c(C)nn(C)c1C. The lowest BCUT2D eigenvalue weighted by molar-refractivity contribution is 0.405. The number of halogens is 1. The van der Waals surface area contributed by atoms with Gasteiger partial charge in [-0.3, -0.25) is 16.0 Å². The zero-order chi connectivity index (χ0) is 15.6. The number of rotatable bonds is 5. The van der Waals surface area contributed by atoms with Gasteiger partial charge >= 0.3 is 0 Å². The summed E-state index contributed by atoms with van der Waals surface area (Å²) >= 11 is 6.09. The van der Waals surface area contributed by atoms with Crippen molar-refractivity contribution >= 4 is 11.6 Å². The maximum Gasteiger partial charge on any atom is 0.122 e. The number of benzene rings is 1. The molecule has 21 heavy (non-hydrogen) atoms. The fraction of sp³-hybridized carbons (Fsp3) is 0.400. The van der Waals surface area contributed by atoms with Crippen LogP contribution in [0, 0.1) is 13.8 Å². The van der Waals surface area contributed by atoms with E-state index in [-0.39, 0.29) is 6.04 Å². The standard InChI is InChI=1S/C15H21ClN4O/c1-9-15(10(2)20(3)19-9)13(18-17)8-11-7-12(16)5-6-14(11)21-4/h5-7,13,18H,8,17H2,1-4H3. The van der Waals surface area contributed by atoms with E-state index < -0.39 is 0 Å². The third kappa shape index (κ3) is 3.20. The second-order valence-corrected chi connectivity index (χ2v) is 5.52. The van der Waals surface area contributed by atoms with E-state index in [2.05, 4.69) is 10.5 Å². The summed E-state index contributed by atoms with van der Waals surface area (Å²) in [5, 5.41) is 5.13. The number of hydrogen-bond acceptors (Lipinski definition) is 4. The van der Waals surface area contributed by atoms with Gasteiger partial charge in [-0.05, 0) is 44.0 Å². The lowest BCUT2D eigenvalue weighted by Gasteiger charge is -2.18. The van der Waals surface area contributed by atoms with E-state index >= 15 is 0 Å². The van der Waals surface area contributed by atoms with Gasteiger partial charge in [0.15, 0.2) is 0 Å². The number of hydrazine groups is 1. The van der Waals surface area contributed by atoms with Crippen LogP contribution >= 0.6 is 11.6 Å². The second-order valence-electron chi connectivity index (χ2n) is 5.09. The summed E-state index contributed by atoms with van der Waals surface area (Å²) in [6, 6.07) is 5.54. The minimum Gasteiger partial charge on any atom is -0.496 e. The number of methoxy groups -OCH3 is 1. The van der Waals surface area contributed by atoms with Gasteiger partial charge in [-0.15, -0.1) is 0 Å². The number of hydrogen-bond donors (Lipinski definition) is 2. The van der Waals surface area contributed by atoms with Crippen LogP contribution < -0.4 is 16.0 Å². The van der Waals surface area contributed by atoms with Crippen molar-refractivity contribution in [1.82, 2.24) is 15.2 Å². The molecule has 1 atom stereocenters. The van der Waals surface area contributed by atoms with Gasteiger partial charge in [-0.2, -0.15) is 5.10 Å². The molecule has 114 valence electrons. The Labute approximate surface area is 130 Å². The van der Waals surface area contributed by atoms with Crippen LogP contribution in [0.4, 0.5) is 0 Å². The van der Waals surface area contributed by atoms with Gasteiger partial charge in [0.1, 0.15) is 5.75 Å². The Morgan fingerprint density at radius 1 is 1.43 bits per heavy atom. The first-order valence-electron chi connectivity index (χ1n) is 6.76. The summed E-state index contributed by atoms with van der Waals surface area (Å²) in [6.45, 7) is 4.02. The fourth-order valence-electron chi connectivity index (χ4n) is 2.67. The maximum absolute atomic E-state index is 6.09. The molecule has 0 aliphatic rings. The zero-order valence-electron chi connectivity index (χ0n) is 12.8. The van der Waals surface area contributed by atoms with Crippen molar-refractivity contribution < 1.29 is 4.74 Å². The first kappa shape index (κ1) is 15.8. The second kappa shape index (κ2) is 6.47. The quantitative estimate of drug-likeness (QED) is 0.658. The van der Waals surface area contributed by atoms with Crippen LogP contribution in [0.2, 0.25) is 5.02 Å². The fourth-order valence-corrected chi connectivity index (χ4v) is 2.86. The summed E-state index contributed by atoms with van der Waals surface area (Å²) in [6.07, 6.45) is 0.674. The Morgan fingerprint density at radius 2 is 2.14 bits per heavy atom. The van der Waals surface area contributed by atoms with Gasteiger partial charge in [0.2, 0.25) is 0 Å². The van der Waals surface area contributed by atoms with Crippen molar-refractivity contribution in [1.29, 1.82) is 0 Å². The Kier molecular flexibility index (Phi) is 4.88. The Morgan fingerprint density at radius 3 is 2.67 bits per heavy atom. The molecule has 2 aromatic rings. The molecule has 0 radical (unpaired) electrons. The van der Waals surface area contributed by atoms with Crippen LogP contribution in [0.25, 0.3) is 0 Å². The first-order valence-corrected chi connectivity index (χ1v) is 7.14. The molecule has 1 unspecified atom stereocenters. The topological polar surface area (TPSA) is 65.1 Å². The molecule has 0 aliphatic carbocycles. The highest BCUT2D eigenvalue weighted by Crippen LogP contribution is 2.29. The summed E-state index contributed by atoms with van der Waals surface area (Å²) < 4.78 is 7.26. The van der Waals surface area contributed by atoms with E-state index in [0.29, 0.717) is 11.4 Å². The molecule has 6 heteroatoms. The molecule has 0 spiro atoms. The van der Waals surface area contributed by atoms with E-state index in [1.54, 1.807) is 7.11 Å². The number of ether oxygens (including phenoxy) is 1. The van der Waals surface area contributed by atoms with Crippen LogP contribution in [0.1, 0.15) is 28.6 Å². The molecule has 1 aromatic heterocycles.